The number of fused-ring (bicyclic) bond motifs is 2. The van der Waals surface area contributed by atoms with E-state index in [0.29, 0.717) is 6.61 Å². The minimum atomic E-state index is 0.686. The lowest BCUT2D eigenvalue weighted by molar-refractivity contribution is 0.201. The molecule has 0 N–H and O–H groups in total. The average Bonchev–Trinajstić information content (AvgIpc) is 3.25. The van der Waals surface area contributed by atoms with Crippen LogP contribution in [0.4, 0.5) is 5.82 Å². The highest BCUT2D eigenvalue weighted by Gasteiger charge is 2.22. The summed E-state index contributed by atoms with van der Waals surface area (Å²) in [6.45, 7) is 9.68. The number of aryl methyl sites for hydroxylation is 2. The van der Waals surface area contributed by atoms with E-state index in [0.717, 1.165) is 72.5 Å². The molecule has 3 heterocycles. The molecule has 36 heavy (non-hydrogen) atoms. The number of aromatic nitrogens is 3. The molecule has 0 radical (unpaired) electrons. The Balaban J connectivity index is 1.14. The first-order valence-electron chi connectivity index (χ1n) is 12.7. The molecule has 0 aliphatic carbocycles. The van der Waals surface area contributed by atoms with Crippen LogP contribution in [-0.4, -0.2) is 58.8 Å². The van der Waals surface area contributed by atoms with E-state index in [1.807, 2.05) is 10.6 Å². The molecule has 0 saturated carbocycles. The first-order valence-corrected chi connectivity index (χ1v) is 12.7. The van der Waals surface area contributed by atoms with Crippen molar-refractivity contribution in [3.8, 4) is 17.0 Å². The molecular formula is C30H31N5O. The van der Waals surface area contributed by atoms with E-state index in [1.165, 1.54) is 10.8 Å². The molecule has 0 unspecified atom stereocenters. The molecule has 5 aromatic rings. The van der Waals surface area contributed by atoms with Crippen LogP contribution in [0.15, 0.2) is 78.9 Å². The largest absolute Gasteiger partial charge is 0.492 e. The number of hydrogen-bond acceptors (Lipinski definition) is 5. The summed E-state index contributed by atoms with van der Waals surface area (Å²) in [6, 6.07) is 27.2. The molecule has 6 rings (SSSR count). The van der Waals surface area contributed by atoms with Crippen molar-refractivity contribution in [3.63, 3.8) is 0 Å². The van der Waals surface area contributed by atoms with Crippen LogP contribution >= 0.6 is 0 Å². The fourth-order valence-corrected chi connectivity index (χ4v) is 5.13. The predicted octanol–water partition coefficient (Wildman–Crippen LogP) is 5.37. The molecule has 1 saturated heterocycles. The molecule has 0 spiro atoms. The third-order valence-electron chi connectivity index (χ3n) is 7.09. The predicted molar refractivity (Wildman–Crippen MR) is 146 cm³/mol. The molecule has 6 nitrogen and oxygen atoms in total. The van der Waals surface area contributed by atoms with Gasteiger partial charge >= 0.3 is 0 Å². The fourth-order valence-electron chi connectivity index (χ4n) is 5.13. The number of rotatable bonds is 6. The molecular weight excluding hydrogens is 446 g/mol. The smallest absolute Gasteiger partial charge is 0.161 e. The van der Waals surface area contributed by atoms with Gasteiger partial charge in [-0.1, -0.05) is 66.7 Å². The zero-order valence-electron chi connectivity index (χ0n) is 20.9. The van der Waals surface area contributed by atoms with Crippen molar-refractivity contribution in [1.29, 1.82) is 0 Å². The van der Waals surface area contributed by atoms with Crippen LogP contribution < -0.4 is 9.64 Å². The second kappa shape index (κ2) is 9.63. The number of benzene rings is 3. The van der Waals surface area contributed by atoms with Crippen molar-refractivity contribution >= 4 is 22.2 Å². The summed E-state index contributed by atoms with van der Waals surface area (Å²) < 4.78 is 8.22. The van der Waals surface area contributed by atoms with Gasteiger partial charge in [-0.15, -0.1) is 0 Å². The quantitative estimate of drug-likeness (QED) is 0.329. The lowest BCUT2D eigenvalue weighted by Crippen LogP contribution is -2.48. The lowest BCUT2D eigenvalue weighted by atomic mass is 10.1. The van der Waals surface area contributed by atoms with Crippen molar-refractivity contribution in [2.75, 3.05) is 44.2 Å². The van der Waals surface area contributed by atoms with Crippen molar-refractivity contribution in [2.24, 2.45) is 0 Å². The van der Waals surface area contributed by atoms with Crippen LogP contribution in [0.2, 0.25) is 0 Å². The van der Waals surface area contributed by atoms with Gasteiger partial charge < -0.3 is 9.64 Å². The number of hydrogen-bond donors (Lipinski definition) is 0. The van der Waals surface area contributed by atoms with E-state index in [2.05, 4.69) is 96.4 Å². The van der Waals surface area contributed by atoms with Crippen LogP contribution in [0.25, 0.3) is 27.7 Å². The lowest BCUT2D eigenvalue weighted by Gasteiger charge is -2.36. The summed E-state index contributed by atoms with van der Waals surface area (Å²) in [7, 11) is 0. The summed E-state index contributed by atoms with van der Waals surface area (Å²) in [5.74, 6) is 2.08. The number of piperazine rings is 1. The molecule has 1 aliphatic heterocycles. The minimum absolute atomic E-state index is 0.686. The highest BCUT2D eigenvalue weighted by molar-refractivity contribution is 5.88. The van der Waals surface area contributed by atoms with E-state index >= 15 is 0 Å². The maximum absolute atomic E-state index is 6.19. The van der Waals surface area contributed by atoms with Gasteiger partial charge in [0.2, 0.25) is 0 Å². The van der Waals surface area contributed by atoms with Crippen LogP contribution in [0.1, 0.15) is 11.3 Å². The van der Waals surface area contributed by atoms with E-state index in [4.69, 9.17) is 14.8 Å². The second-order valence-electron chi connectivity index (χ2n) is 9.49. The second-order valence-corrected chi connectivity index (χ2v) is 9.49. The monoisotopic (exact) mass is 477 g/mol. The Morgan fingerprint density at radius 3 is 2.42 bits per heavy atom. The zero-order valence-corrected chi connectivity index (χ0v) is 20.9. The Morgan fingerprint density at radius 2 is 1.58 bits per heavy atom. The molecule has 6 heteroatoms. The van der Waals surface area contributed by atoms with Gasteiger partial charge in [0.15, 0.2) is 5.65 Å². The normalized spacial score (nSPS) is 14.6. The average molecular weight is 478 g/mol. The molecule has 3 aromatic carbocycles. The Morgan fingerprint density at radius 1 is 0.833 bits per heavy atom. The molecule has 1 fully saturated rings. The zero-order chi connectivity index (χ0) is 24.5. The van der Waals surface area contributed by atoms with E-state index in [9.17, 15) is 0 Å². The summed E-state index contributed by atoms with van der Waals surface area (Å²) in [6.07, 6.45) is 0. The number of nitrogens with zero attached hydrogens (tertiary/aromatic N) is 5. The van der Waals surface area contributed by atoms with E-state index in [-0.39, 0.29) is 0 Å². The Hall–Kier alpha value is -3.90. The van der Waals surface area contributed by atoms with Gasteiger partial charge in [0.05, 0.1) is 5.69 Å². The number of ether oxygens (including phenoxy) is 1. The Bertz CT molecular complexity index is 1500. The third kappa shape index (κ3) is 4.29. The first kappa shape index (κ1) is 22.6. The van der Waals surface area contributed by atoms with E-state index < -0.39 is 0 Å². The van der Waals surface area contributed by atoms with Crippen molar-refractivity contribution in [3.05, 3.63) is 90.1 Å². The molecule has 182 valence electrons. The molecule has 2 aromatic heterocycles. The van der Waals surface area contributed by atoms with Crippen molar-refractivity contribution in [2.45, 2.75) is 13.8 Å². The SMILES string of the molecule is Cc1cc(N2CCN(CCOc3cccc4ccccc34)CC2)n2nc(-c3ccccc3)c(C)c2n1. The van der Waals surface area contributed by atoms with Crippen LogP contribution in [0, 0.1) is 13.8 Å². The van der Waals surface area contributed by atoms with Gasteiger partial charge in [0, 0.05) is 61.0 Å². The minimum Gasteiger partial charge on any atom is -0.492 e. The van der Waals surface area contributed by atoms with Crippen molar-refractivity contribution in [1.82, 2.24) is 19.5 Å². The third-order valence-corrected chi connectivity index (χ3v) is 7.09. The Kier molecular flexibility index (Phi) is 6.03. The highest BCUT2D eigenvalue weighted by atomic mass is 16.5. The maximum Gasteiger partial charge on any atom is 0.161 e. The van der Waals surface area contributed by atoms with E-state index in [1.54, 1.807) is 0 Å². The van der Waals surface area contributed by atoms with Gasteiger partial charge in [-0.2, -0.15) is 9.61 Å². The first-order chi connectivity index (χ1) is 17.7. The molecule has 0 atom stereocenters. The standard InChI is InChI=1S/C30H31N5O/c1-22-21-28(35-30(31-22)23(2)29(32-35)25-10-4-3-5-11-25)34-17-15-33(16-18-34)19-20-36-27-14-8-12-24-9-6-7-13-26(24)27/h3-14,21H,15-20H2,1-2H3. The van der Waals surface area contributed by atoms with Gasteiger partial charge in [-0.05, 0) is 25.3 Å². The van der Waals surface area contributed by atoms with Gasteiger partial charge in [0.1, 0.15) is 18.2 Å². The summed E-state index contributed by atoms with van der Waals surface area (Å²) in [5, 5.41) is 7.39. The Labute approximate surface area is 211 Å². The van der Waals surface area contributed by atoms with Crippen LogP contribution in [0.5, 0.6) is 5.75 Å². The van der Waals surface area contributed by atoms with Crippen LogP contribution in [-0.2, 0) is 0 Å². The maximum atomic E-state index is 6.19. The summed E-state index contributed by atoms with van der Waals surface area (Å²) >= 11 is 0. The fraction of sp³-hybridized carbons (Fsp3) is 0.267. The number of anilines is 1. The van der Waals surface area contributed by atoms with Gasteiger partial charge in [-0.25, -0.2) is 4.98 Å². The van der Waals surface area contributed by atoms with Crippen molar-refractivity contribution < 1.29 is 4.74 Å². The molecule has 1 aliphatic rings. The summed E-state index contributed by atoms with van der Waals surface area (Å²) in [4.78, 5) is 9.75. The molecule has 0 bridgehead atoms. The highest BCUT2D eigenvalue weighted by Crippen LogP contribution is 2.29. The van der Waals surface area contributed by atoms with Gasteiger partial charge in [-0.3, -0.25) is 4.90 Å². The molecule has 0 amide bonds. The topological polar surface area (TPSA) is 45.9 Å². The summed E-state index contributed by atoms with van der Waals surface area (Å²) in [5.41, 5.74) is 5.20. The van der Waals surface area contributed by atoms with Gasteiger partial charge in [0.25, 0.3) is 0 Å². The van der Waals surface area contributed by atoms with Crippen LogP contribution in [0.3, 0.4) is 0 Å².